The zero-order chi connectivity index (χ0) is 33.4. The summed E-state index contributed by atoms with van der Waals surface area (Å²) in [6.45, 7) is 0.335. The van der Waals surface area contributed by atoms with Gasteiger partial charge in [-0.05, 0) is 85.8 Å². The Morgan fingerprint density at radius 1 is 0.580 bits per heavy atom. The summed E-state index contributed by atoms with van der Waals surface area (Å²) >= 11 is 0. The minimum absolute atomic E-state index is 0.335. The van der Waals surface area contributed by atoms with Crippen molar-refractivity contribution < 1.29 is 0 Å². The van der Waals surface area contributed by atoms with Crippen molar-refractivity contribution in [2.45, 2.75) is 0 Å². The molecule has 0 radical (unpaired) electrons. The van der Waals surface area contributed by atoms with Gasteiger partial charge in [-0.25, -0.2) is 0 Å². The molecule has 1 aliphatic carbocycles. The monoisotopic (exact) mass is 641 g/mol. The Morgan fingerprint density at radius 2 is 1.24 bits per heavy atom. The number of para-hydroxylation sites is 1. The van der Waals surface area contributed by atoms with Crippen molar-refractivity contribution in [3.05, 3.63) is 181 Å². The average molecular weight is 642 g/mol. The Labute approximate surface area is 289 Å². The molecule has 1 aliphatic rings. The van der Waals surface area contributed by atoms with Crippen LogP contribution in [0.3, 0.4) is 0 Å². The van der Waals surface area contributed by atoms with Crippen LogP contribution in [0.5, 0.6) is 0 Å². The standard InChI is InChI=1S/C45H31N5/c46-45-39-17-7-2-12-34(39)40(44-37-15-5-3-13-35(37)43(31-11-9-23-47-26-31)36-14-4-6-16-38(36)44)25-42(45)50-28-49-33-21-19-29(20-22-33)32-24-30-10-1-8-18-41(30)48-27-32/h1-27,46,49H,28H2. The lowest BCUT2D eigenvalue weighted by atomic mass is 9.80. The van der Waals surface area contributed by atoms with Gasteiger partial charge in [-0.2, -0.15) is 0 Å². The highest BCUT2D eigenvalue weighted by atomic mass is 15.0. The molecular formula is C45H31N5. The van der Waals surface area contributed by atoms with Gasteiger partial charge in [0.25, 0.3) is 0 Å². The Bertz CT molecular complexity index is 2600. The summed E-state index contributed by atoms with van der Waals surface area (Å²) in [5, 5.41) is 18.4. The maximum absolute atomic E-state index is 9.20. The Hall–Kier alpha value is -6.72. The van der Waals surface area contributed by atoms with Crippen molar-refractivity contribution in [1.82, 2.24) is 9.97 Å². The molecule has 0 aliphatic heterocycles. The van der Waals surface area contributed by atoms with E-state index in [4.69, 9.17) is 4.99 Å². The molecule has 0 atom stereocenters. The van der Waals surface area contributed by atoms with Crippen LogP contribution in [0.25, 0.3) is 60.3 Å². The SMILES string of the molecule is N=C1C(=NCNc2ccc(-c3cnc4ccccc4c3)cc2)C=C(c2c3ccccc3c(-c3cccnc3)c3ccccc23)c2ccccc21. The van der Waals surface area contributed by atoms with E-state index in [0.717, 1.165) is 77.1 Å². The molecule has 0 saturated heterocycles. The van der Waals surface area contributed by atoms with Crippen molar-refractivity contribution in [2.75, 3.05) is 12.0 Å². The second-order valence-corrected chi connectivity index (χ2v) is 12.4. The molecule has 9 rings (SSSR count). The van der Waals surface area contributed by atoms with Crippen LogP contribution < -0.4 is 5.32 Å². The van der Waals surface area contributed by atoms with Crippen LogP contribution in [0.4, 0.5) is 5.69 Å². The van der Waals surface area contributed by atoms with Crippen molar-refractivity contribution >= 4 is 55.1 Å². The first-order valence-corrected chi connectivity index (χ1v) is 16.7. The number of nitrogens with zero attached hydrogens (tertiary/aromatic N) is 3. The molecule has 8 aromatic rings. The molecule has 0 saturated carbocycles. The second-order valence-electron chi connectivity index (χ2n) is 12.4. The van der Waals surface area contributed by atoms with Crippen LogP contribution in [0.1, 0.15) is 16.7 Å². The van der Waals surface area contributed by atoms with E-state index in [0.29, 0.717) is 18.1 Å². The summed E-state index contributed by atoms with van der Waals surface area (Å²) < 4.78 is 0. The van der Waals surface area contributed by atoms with Gasteiger partial charge in [-0.15, -0.1) is 0 Å². The maximum Gasteiger partial charge on any atom is 0.108 e. The third-order valence-corrected chi connectivity index (χ3v) is 9.52. The van der Waals surface area contributed by atoms with E-state index in [2.05, 4.69) is 124 Å². The summed E-state index contributed by atoms with van der Waals surface area (Å²) in [4.78, 5) is 14.0. The highest BCUT2D eigenvalue weighted by Crippen LogP contribution is 2.44. The number of benzene rings is 6. The van der Waals surface area contributed by atoms with E-state index in [1.165, 1.54) is 5.56 Å². The average Bonchev–Trinajstić information content (AvgIpc) is 3.18. The van der Waals surface area contributed by atoms with Crippen LogP contribution in [-0.2, 0) is 0 Å². The van der Waals surface area contributed by atoms with Gasteiger partial charge < -0.3 is 5.32 Å². The number of anilines is 1. The Morgan fingerprint density at radius 3 is 1.96 bits per heavy atom. The first-order valence-electron chi connectivity index (χ1n) is 16.7. The van der Waals surface area contributed by atoms with E-state index >= 15 is 0 Å². The summed E-state index contributed by atoms with van der Waals surface area (Å²) in [7, 11) is 0. The largest absolute Gasteiger partial charge is 0.366 e. The molecule has 5 nitrogen and oxygen atoms in total. The normalized spacial score (nSPS) is 13.5. The van der Waals surface area contributed by atoms with Gasteiger partial charge in [-0.1, -0.05) is 109 Å². The van der Waals surface area contributed by atoms with Crippen molar-refractivity contribution in [3.8, 4) is 22.3 Å². The molecule has 0 fully saturated rings. The fraction of sp³-hybridized carbons (Fsp3) is 0.0222. The fourth-order valence-electron chi connectivity index (χ4n) is 7.16. The first kappa shape index (κ1) is 29.4. The fourth-order valence-corrected chi connectivity index (χ4v) is 7.16. The van der Waals surface area contributed by atoms with Gasteiger partial charge >= 0.3 is 0 Å². The molecule has 0 unspecified atom stereocenters. The predicted octanol–water partition coefficient (Wildman–Crippen LogP) is 10.6. The summed E-state index contributed by atoms with van der Waals surface area (Å²) in [6, 6.07) is 48.2. The summed E-state index contributed by atoms with van der Waals surface area (Å²) in [5.41, 5.74) is 11.6. The number of rotatable bonds is 6. The lowest BCUT2D eigenvalue weighted by Crippen LogP contribution is -2.21. The quantitative estimate of drug-likeness (QED) is 0.177. The first-order chi connectivity index (χ1) is 24.7. The van der Waals surface area contributed by atoms with E-state index in [9.17, 15) is 5.41 Å². The number of hydrogen-bond acceptors (Lipinski definition) is 5. The minimum Gasteiger partial charge on any atom is -0.366 e. The van der Waals surface area contributed by atoms with Gasteiger partial charge in [0.1, 0.15) is 6.67 Å². The van der Waals surface area contributed by atoms with Crippen LogP contribution in [0.15, 0.2) is 169 Å². The highest BCUT2D eigenvalue weighted by molar-refractivity contribution is 6.54. The molecule has 5 heteroatoms. The minimum atomic E-state index is 0.335. The molecule has 2 N–H and O–H groups in total. The van der Waals surface area contributed by atoms with E-state index in [-0.39, 0.29) is 0 Å². The van der Waals surface area contributed by atoms with E-state index in [1.807, 2.05) is 55.0 Å². The number of nitrogens with one attached hydrogen (secondary N) is 2. The molecule has 0 spiro atoms. The number of aliphatic imine (C=N–C) groups is 1. The van der Waals surface area contributed by atoms with Crippen molar-refractivity contribution in [1.29, 1.82) is 5.41 Å². The van der Waals surface area contributed by atoms with Crippen molar-refractivity contribution in [2.24, 2.45) is 4.99 Å². The number of allylic oxidation sites excluding steroid dienone is 1. The molecule has 0 amide bonds. The predicted molar refractivity (Wildman–Crippen MR) is 208 cm³/mol. The van der Waals surface area contributed by atoms with Crippen LogP contribution in [0, 0.1) is 5.41 Å². The van der Waals surface area contributed by atoms with Gasteiger partial charge in [-0.3, -0.25) is 20.4 Å². The Balaban J connectivity index is 1.10. The molecule has 2 heterocycles. The van der Waals surface area contributed by atoms with Crippen LogP contribution in [0.2, 0.25) is 0 Å². The lowest BCUT2D eigenvalue weighted by Gasteiger charge is -2.24. The van der Waals surface area contributed by atoms with Gasteiger partial charge in [0.05, 0.1) is 16.9 Å². The lowest BCUT2D eigenvalue weighted by molar-refractivity contribution is 1.14. The molecule has 236 valence electrons. The van der Waals surface area contributed by atoms with Gasteiger partial charge in [0.2, 0.25) is 0 Å². The van der Waals surface area contributed by atoms with Crippen molar-refractivity contribution in [3.63, 3.8) is 0 Å². The Kier molecular flexibility index (Phi) is 7.29. The van der Waals surface area contributed by atoms with Crippen LogP contribution >= 0.6 is 0 Å². The number of fused-ring (bicyclic) bond motifs is 4. The second kappa shape index (κ2) is 12.4. The van der Waals surface area contributed by atoms with Gasteiger partial charge in [0, 0.05) is 46.4 Å². The zero-order valence-electron chi connectivity index (χ0n) is 27.1. The third kappa shape index (κ3) is 5.13. The van der Waals surface area contributed by atoms with E-state index in [1.54, 1.807) is 0 Å². The topological polar surface area (TPSA) is 74.0 Å². The smallest absolute Gasteiger partial charge is 0.108 e. The molecule has 0 bridgehead atoms. The van der Waals surface area contributed by atoms with Crippen LogP contribution in [-0.4, -0.2) is 28.1 Å². The zero-order valence-corrected chi connectivity index (χ0v) is 27.1. The van der Waals surface area contributed by atoms with Gasteiger partial charge in [0.15, 0.2) is 0 Å². The molecular weight excluding hydrogens is 611 g/mol. The highest BCUT2D eigenvalue weighted by Gasteiger charge is 2.26. The summed E-state index contributed by atoms with van der Waals surface area (Å²) in [5.74, 6) is 0. The molecule has 6 aromatic carbocycles. The number of pyridine rings is 2. The molecule has 2 aromatic heterocycles. The number of aromatic nitrogens is 2. The number of hydrogen-bond donors (Lipinski definition) is 2. The third-order valence-electron chi connectivity index (χ3n) is 9.52. The maximum atomic E-state index is 9.20. The molecule has 50 heavy (non-hydrogen) atoms. The summed E-state index contributed by atoms with van der Waals surface area (Å²) in [6.07, 6.45) is 7.78. The van der Waals surface area contributed by atoms with E-state index < -0.39 is 0 Å².